The van der Waals surface area contributed by atoms with Gasteiger partial charge in [-0.3, -0.25) is 0 Å². The summed E-state index contributed by atoms with van der Waals surface area (Å²) in [6, 6.07) is 10.0. The van der Waals surface area contributed by atoms with Crippen molar-refractivity contribution in [2.45, 2.75) is 102 Å². The van der Waals surface area contributed by atoms with E-state index in [9.17, 15) is 0 Å². The van der Waals surface area contributed by atoms with Crippen LogP contribution in [0.1, 0.15) is 45.1 Å². The first-order valence-corrected chi connectivity index (χ1v) is 12.3. The molecule has 0 aliphatic carbocycles. The van der Waals surface area contributed by atoms with Crippen LogP contribution in [0.15, 0.2) is 36.5 Å². The molecule has 0 amide bonds. The van der Waals surface area contributed by atoms with E-state index in [2.05, 4.69) is 10.3 Å². The third-order valence-corrected chi connectivity index (χ3v) is 6.93. The number of nitrogens with zero attached hydrogens (tertiary/aromatic N) is 3. The van der Waals surface area contributed by atoms with Gasteiger partial charge < -0.3 is 37.9 Å². The highest BCUT2D eigenvalue weighted by Gasteiger charge is 2.58. The minimum atomic E-state index is -0.748. The lowest BCUT2D eigenvalue weighted by atomic mass is 10.1. The molecule has 8 atom stereocenters. The van der Waals surface area contributed by atoms with Crippen molar-refractivity contribution in [2.24, 2.45) is 0 Å². The average Bonchev–Trinajstić information content (AvgIpc) is 3.59. The molecule has 36 heavy (non-hydrogen) atoms. The van der Waals surface area contributed by atoms with E-state index in [4.69, 9.17) is 37.9 Å². The van der Waals surface area contributed by atoms with Crippen molar-refractivity contribution < 1.29 is 37.9 Å². The maximum absolute atomic E-state index is 6.36. The lowest BCUT2D eigenvalue weighted by Crippen LogP contribution is -2.39. The topological polar surface area (TPSA) is 105 Å². The summed E-state index contributed by atoms with van der Waals surface area (Å²) in [6.45, 7) is 8.26. The van der Waals surface area contributed by atoms with E-state index in [-0.39, 0.29) is 30.5 Å². The number of hydrogen-bond donors (Lipinski definition) is 0. The van der Waals surface area contributed by atoms with Crippen LogP contribution < -0.4 is 0 Å². The lowest BCUT2D eigenvalue weighted by molar-refractivity contribution is -0.222. The first-order chi connectivity index (χ1) is 17.2. The molecule has 11 nitrogen and oxygen atoms in total. The van der Waals surface area contributed by atoms with Crippen LogP contribution in [0.2, 0.25) is 0 Å². The Labute approximate surface area is 209 Å². The zero-order valence-electron chi connectivity index (χ0n) is 21.1. The van der Waals surface area contributed by atoms with Gasteiger partial charge in [0.2, 0.25) is 0 Å². The zero-order valence-corrected chi connectivity index (χ0v) is 21.1. The number of aromatic nitrogens is 3. The van der Waals surface area contributed by atoms with Crippen LogP contribution in [0.3, 0.4) is 0 Å². The van der Waals surface area contributed by atoms with Crippen molar-refractivity contribution in [1.29, 1.82) is 0 Å². The third-order valence-electron chi connectivity index (χ3n) is 6.93. The molecule has 0 unspecified atom stereocenters. The van der Waals surface area contributed by atoms with Crippen molar-refractivity contribution in [1.82, 2.24) is 15.0 Å². The summed E-state index contributed by atoms with van der Waals surface area (Å²) in [4.78, 5) is 0. The van der Waals surface area contributed by atoms with E-state index < -0.39 is 30.3 Å². The second-order valence-electron chi connectivity index (χ2n) is 10.5. The van der Waals surface area contributed by atoms with Crippen molar-refractivity contribution in [3.63, 3.8) is 0 Å². The molecule has 6 rings (SSSR count). The van der Waals surface area contributed by atoms with Crippen LogP contribution in [-0.2, 0) is 51.0 Å². The van der Waals surface area contributed by atoms with Gasteiger partial charge in [0.05, 0.1) is 25.0 Å². The molecule has 196 valence electrons. The number of ether oxygens (including phenoxy) is 8. The molecular weight excluding hydrogens is 470 g/mol. The van der Waals surface area contributed by atoms with Gasteiger partial charge in [-0.05, 0) is 33.3 Å². The molecule has 0 saturated carbocycles. The van der Waals surface area contributed by atoms with Gasteiger partial charge in [-0.2, -0.15) is 0 Å². The Hall–Kier alpha value is -1.96. The zero-order chi connectivity index (χ0) is 25.1. The van der Waals surface area contributed by atoms with Crippen molar-refractivity contribution >= 4 is 0 Å². The van der Waals surface area contributed by atoms with E-state index >= 15 is 0 Å². The second kappa shape index (κ2) is 9.10. The maximum atomic E-state index is 6.36. The molecular formula is C25H33N3O8. The lowest BCUT2D eigenvalue weighted by Gasteiger charge is -2.27. The van der Waals surface area contributed by atoms with Gasteiger partial charge in [0.15, 0.2) is 24.2 Å². The van der Waals surface area contributed by atoms with Gasteiger partial charge in [-0.15, -0.1) is 5.10 Å². The normalized spacial score (nSPS) is 38.4. The minimum absolute atomic E-state index is 0.355. The molecule has 2 aromatic rings. The predicted molar refractivity (Wildman–Crippen MR) is 122 cm³/mol. The van der Waals surface area contributed by atoms with Gasteiger partial charge in [-0.25, -0.2) is 4.68 Å². The van der Waals surface area contributed by atoms with Gasteiger partial charge in [0.25, 0.3) is 0 Å². The highest BCUT2D eigenvalue weighted by Crippen LogP contribution is 2.45. The van der Waals surface area contributed by atoms with Crippen LogP contribution >= 0.6 is 0 Å². The Morgan fingerprint density at radius 3 is 2.25 bits per heavy atom. The summed E-state index contributed by atoms with van der Waals surface area (Å²) in [7, 11) is 1.64. The van der Waals surface area contributed by atoms with E-state index in [1.165, 1.54) is 0 Å². The van der Waals surface area contributed by atoms with Gasteiger partial charge in [0.1, 0.15) is 36.6 Å². The summed E-state index contributed by atoms with van der Waals surface area (Å²) < 4.78 is 50.5. The van der Waals surface area contributed by atoms with E-state index in [1.807, 2.05) is 58.0 Å². The number of rotatable bonds is 7. The third kappa shape index (κ3) is 4.48. The first-order valence-electron chi connectivity index (χ1n) is 12.3. The number of methoxy groups -OCH3 is 1. The molecule has 0 bridgehead atoms. The average molecular weight is 504 g/mol. The first kappa shape index (κ1) is 24.4. The van der Waals surface area contributed by atoms with E-state index in [0.717, 1.165) is 11.3 Å². The molecule has 4 saturated heterocycles. The fraction of sp³-hybridized carbons (Fsp3) is 0.680. The summed E-state index contributed by atoms with van der Waals surface area (Å²) in [6.07, 6.45) is -1.71. The summed E-state index contributed by atoms with van der Waals surface area (Å²) >= 11 is 0. The Bertz CT molecular complexity index is 1060. The fourth-order valence-electron chi connectivity index (χ4n) is 5.44. The van der Waals surface area contributed by atoms with Gasteiger partial charge >= 0.3 is 0 Å². The second-order valence-corrected chi connectivity index (χ2v) is 10.5. The Kier molecular flexibility index (Phi) is 6.17. The number of fused-ring (bicyclic) bond motifs is 2. The van der Waals surface area contributed by atoms with Crippen molar-refractivity contribution in [3.8, 4) is 0 Å². The Morgan fingerprint density at radius 2 is 1.56 bits per heavy atom. The molecule has 0 radical (unpaired) electrons. The van der Waals surface area contributed by atoms with Crippen molar-refractivity contribution in [3.05, 3.63) is 47.8 Å². The molecule has 4 aliphatic heterocycles. The van der Waals surface area contributed by atoms with Crippen molar-refractivity contribution in [2.75, 3.05) is 7.11 Å². The molecule has 1 aromatic heterocycles. The molecule has 1 aromatic carbocycles. The molecule has 4 aliphatic rings. The van der Waals surface area contributed by atoms with Crippen LogP contribution in [0.5, 0.6) is 0 Å². The molecule has 0 N–H and O–H groups in total. The highest BCUT2D eigenvalue weighted by molar-refractivity contribution is 5.14. The predicted octanol–water partition coefficient (Wildman–Crippen LogP) is 2.30. The summed E-state index contributed by atoms with van der Waals surface area (Å²) in [5.41, 5.74) is 1.81. The van der Waals surface area contributed by atoms with Crippen LogP contribution in [0.4, 0.5) is 0 Å². The smallest absolute Gasteiger partial charge is 0.190 e. The maximum Gasteiger partial charge on any atom is 0.190 e. The number of benzene rings is 1. The Morgan fingerprint density at radius 1 is 0.889 bits per heavy atom. The van der Waals surface area contributed by atoms with E-state index in [1.54, 1.807) is 18.0 Å². The Balaban J connectivity index is 1.20. The molecule has 0 spiro atoms. The largest absolute Gasteiger partial charge is 0.375 e. The number of hydrogen-bond acceptors (Lipinski definition) is 10. The van der Waals surface area contributed by atoms with E-state index in [0.29, 0.717) is 13.2 Å². The molecule has 5 heterocycles. The molecule has 4 fully saturated rings. The van der Waals surface area contributed by atoms with Crippen LogP contribution in [0, 0.1) is 0 Å². The quantitative estimate of drug-likeness (QED) is 0.559. The minimum Gasteiger partial charge on any atom is -0.375 e. The summed E-state index contributed by atoms with van der Waals surface area (Å²) in [5.74, 6) is -1.48. The van der Waals surface area contributed by atoms with Gasteiger partial charge in [-0.1, -0.05) is 35.5 Å². The standard InChI is InChI=1S/C25H33N3O8/c1-24(2)33-20-18(30-13-14-9-7-6-8-10-14)16(31-22(20)35-24)12-28-15(11-26-27-28)17-19(29-5)21-23(32-17)36-25(3,4)34-21/h6-11,16-23H,12-13H2,1-5H3/t16-,17-,18+,19+,20-,21-,22-,23-/m1/s1. The SMILES string of the molecule is CO[C@@H]1[C@H]2OC(C)(C)O[C@H]2O[C@@H]1c1cnnn1C[C@H]1O[C@@H]2OC(C)(C)O[C@@H]2[C@H]1OCc1ccccc1. The fourth-order valence-corrected chi connectivity index (χ4v) is 5.44. The van der Waals surface area contributed by atoms with Crippen LogP contribution in [0.25, 0.3) is 0 Å². The van der Waals surface area contributed by atoms with Crippen LogP contribution in [-0.4, -0.2) is 76.8 Å². The molecule has 11 heteroatoms. The monoisotopic (exact) mass is 503 g/mol. The highest BCUT2D eigenvalue weighted by atomic mass is 16.9. The van der Waals surface area contributed by atoms with Gasteiger partial charge in [0, 0.05) is 7.11 Å². The summed E-state index contributed by atoms with van der Waals surface area (Å²) in [5, 5.41) is 8.47.